The molecule has 0 bridgehead atoms. The van der Waals surface area contributed by atoms with Gasteiger partial charge in [0, 0.05) is 48.8 Å². The normalized spacial score (nSPS) is 14.7. The first kappa shape index (κ1) is 21.9. The maximum atomic E-state index is 13.6. The first-order valence-corrected chi connectivity index (χ1v) is 12.0. The molecule has 10 heteroatoms. The number of benzene rings is 2. The maximum absolute atomic E-state index is 13.6. The topological polar surface area (TPSA) is 70.8 Å². The minimum atomic E-state index is -0.356. The van der Waals surface area contributed by atoms with Crippen molar-refractivity contribution in [3.8, 4) is 10.6 Å². The standard InChI is InChI=1S/C23H19BrFN5O2S/c24-19-7-2-1-6-18(19)22(32)29-10-8-28(9-11-29)14-17-13-20(31)30-23(26-17)33-21(27-30)15-4-3-5-16(25)12-15/h1-7,12-13H,8-11,14H2. The number of carbonyl (C=O) groups is 1. The van der Waals surface area contributed by atoms with Crippen LogP contribution in [-0.2, 0) is 6.54 Å². The van der Waals surface area contributed by atoms with E-state index in [-0.39, 0.29) is 17.3 Å². The molecule has 1 fully saturated rings. The average molecular weight is 528 g/mol. The van der Waals surface area contributed by atoms with Gasteiger partial charge in [0.15, 0.2) is 0 Å². The SMILES string of the molecule is O=C(c1ccccc1Br)N1CCN(Cc2cc(=O)n3nc(-c4cccc(F)c4)sc3n2)CC1. The van der Waals surface area contributed by atoms with Crippen molar-refractivity contribution in [2.75, 3.05) is 26.2 Å². The molecule has 0 radical (unpaired) electrons. The third-order valence-corrected chi connectivity index (χ3v) is 7.17. The van der Waals surface area contributed by atoms with Crippen LogP contribution in [0.4, 0.5) is 4.39 Å². The Bertz CT molecular complexity index is 1400. The summed E-state index contributed by atoms with van der Waals surface area (Å²) in [5.41, 5.74) is 1.65. The van der Waals surface area contributed by atoms with Crippen LogP contribution in [0.1, 0.15) is 16.1 Å². The highest BCUT2D eigenvalue weighted by Crippen LogP contribution is 2.25. The summed E-state index contributed by atoms with van der Waals surface area (Å²) < 4.78 is 15.6. The third kappa shape index (κ3) is 4.59. The zero-order valence-electron chi connectivity index (χ0n) is 17.4. The molecule has 168 valence electrons. The van der Waals surface area contributed by atoms with E-state index in [2.05, 4.69) is 30.9 Å². The predicted octanol–water partition coefficient (Wildman–Crippen LogP) is 3.68. The van der Waals surface area contributed by atoms with Crippen LogP contribution in [0.5, 0.6) is 0 Å². The van der Waals surface area contributed by atoms with E-state index in [9.17, 15) is 14.0 Å². The molecule has 1 saturated heterocycles. The van der Waals surface area contributed by atoms with Crippen molar-refractivity contribution in [3.05, 3.63) is 86.5 Å². The highest BCUT2D eigenvalue weighted by molar-refractivity contribution is 9.10. The molecule has 7 nitrogen and oxygen atoms in total. The second-order valence-electron chi connectivity index (χ2n) is 7.75. The molecule has 2 aromatic heterocycles. The van der Waals surface area contributed by atoms with Gasteiger partial charge in [-0.05, 0) is 40.2 Å². The van der Waals surface area contributed by atoms with Crippen LogP contribution >= 0.6 is 27.3 Å². The molecule has 4 aromatic rings. The highest BCUT2D eigenvalue weighted by atomic mass is 79.9. The summed E-state index contributed by atoms with van der Waals surface area (Å²) in [6.45, 7) is 3.09. The van der Waals surface area contributed by atoms with Gasteiger partial charge in [0.25, 0.3) is 11.5 Å². The van der Waals surface area contributed by atoms with Gasteiger partial charge in [-0.3, -0.25) is 14.5 Å². The van der Waals surface area contributed by atoms with Crippen LogP contribution in [0.25, 0.3) is 15.5 Å². The first-order chi connectivity index (χ1) is 16.0. The lowest BCUT2D eigenvalue weighted by Gasteiger charge is -2.34. The van der Waals surface area contributed by atoms with Crippen LogP contribution in [0.3, 0.4) is 0 Å². The summed E-state index contributed by atoms with van der Waals surface area (Å²) in [4.78, 5) is 34.5. The molecule has 0 saturated carbocycles. The Morgan fingerprint density at radius 2 is 1.85 bits per heavy atom. The Kier molecular flexibility index (Phi) is 6.05. The summed E-state index contributed by atoms with van der Waals surface area (Å²) in [7, 11) is 0. The van der Waals surface area contributed by atoms with Gasteiger partial charge in [0.1, 0.15) is 10.8 Å². The van der Waals surface area contributed by atoms with Crippen LogP contribution in [0.15, 0.2) is 63.9 Å². The van der Waals surface area contributed by atoms with E-state index in [0.29, 0.717) is 59.5 Å². The lowest BCUT2D eigenvalue weighted by Crippen LogP contribution is -2.48. The smallest absolute Gasteiger partial charge is 0.275 e. The number of rotatable bonds is 4. The minimum absolute atomic E-state index is 0.00875. The molecular weight excluding hydrogens is 509 g/mol. The molecule has 0 atom stereocenters. The molecule has 5 rings (SSSR count). The predicted molar refractivity (Wildman–Crippen MR) is 128 cm³/mol. The maximum Gasteiger partial charge on any atom is 0.275 e. The number of hydrogen-bond donors (Lipinski definition) is 0. The van der Waals surface area contributed by atoms with Gasteiger partial charge in [-0.2, -0.15) is 9.61 Å². The van der Waals surface area contributed by atoms with Crippen molar-refractivity contribution >= 4 is 38.1 Å². The second kappa shape index (κ2) is 9.12. The van der Waals surface area contributed by atoms with Gasteiger partial charge in [-0.15, -0.1) is 0 Å². The fourth-order valence-electron chi connectivity index (χ4n) is 3.82. The second-order valence-corrected chi connectivity index (χ2v) is 9.56. The first-order valence-electron chi connectivity index (χ1n) is 10.4. The van der Waals surface area contributed by atoms with Crippen molar-refractivity contribution in [2.45, 2.75) is 6.54 Å². The van der Waals surface area contributed by atoms with Crippen LogP contribution in [-0.4, -0.2) is 56.5 Å². The molecule has 0 aliphatic carbocycles. The van der Waals surface area contributed by atoms with Gasteiger partial charge in [-0.25, -0.2) is 9.37 Å². The van der Waals surface area contributed by atoms with E-state index in [1.807, 2.05) is 29.2 Å². The third-order valence-electron chi connectivity index (χ3n) is 5.52. The van der Waals surface area contributed by atoms with E-state index in [1.165, 1.54) is 34.1 Å². The molecular formula is C23H19BrFN5O2S. The molecule has 0 unspecified atom stereocenters. The number of carbonyl (C=O) groups excluding carboxylic acids is 1. The summed E-state index contributed by atoms with van der Waals surface area (Å²) in [6.07, 6.45) is 0. The summed E-state index contributed by atoms with van der Waals surface area (Å²) >= 11 is 4.70. The van der Waals surface area contributed by atoms with E-state index >= 15 is 0 Å². The number of nitrogens with zero attached hydrogens (tertiary/aromatic N) is 5. The minimum Gasteiger partial charge on any atom is -0.336 e. The van der Waals surface area contributed by atoms with Gasteiger partial charge in [0.2, 0.25) is 4.96 Å². The zero-order valence-corrected chi connectivity index (χ0v) is 19.9. The number of piperazine rings is 1. The monoisotopic (exact) mass is 527 g/mol. The van der Waals surface area contributed by atoms with E-state index in [0.717, 1.165) is 4.47 Å². The van der Waals surface area contributed by atoms with Crippen molar-refractivity contribution < 1.29 is 9.18 Å². The Labute approximate surface area is 201 Å². The van der Waals surface area contributed by atoms with Crippen LogP contribution in [0, 0.1) is 5.82 Å². The van der Waals surface area contributed by atoms with E-state index in [1.54, 1.807) is 12.1 Å². The Morgan fingerprint density at radius 3 is 2.61 bits per heavy atom. The van der Waals surface area contributed by atoms with Crippen molar-refractivity contribution in [3.63, 3.8) is 0 Å². The average Bonchev–Trinajstić information content (AvgIpc) is 3.24. The van der Waals surface area contributed by atoms with Gasteiger partial charge >= 0.3 is 0 Å². The summed E-state index contributed by atoms with van der Waals surface area (Å²) in [5, 5.41) is 4.85. The summed E-state index contributed by atoms with van der Waals surface area (Å²) in [5.74, 6) is -0.348. The Balaban J connectivity index is 1.29. The van der Waals surface area contributed by atoms with Gasteiger partial charge in [-0.1, -0.05) is 35.6 Å². The lowest BCUT2D eigenvalue weighted by molar-refractivity contribution is 0.0626. The summed E-state index contributed by atoms with van der Waals surface area (Å²) in [6, 6.07) is 15.0. The molecule has 0 spiro atoms. The van der Waals surface area contributed by atoms with Crippen molar-refractivity contribution in [1.29, 1.82) is 0 Å². The quantitative estimate of drug-likeness (QED) is 0.405. The number of halogens is 2. The molecule has 1 amide bonds. The molecule has 1 aliphatic rings. The highest BCUT2D eigenvalue weighted by Gasteiger charge is 2.24. The van der Waals surface area contributed by atoms with Crippen molar-refractivity contribution in [1.82, 2.24) is 24.4 Å². The Hall–Kier alpha value is -2.95. The zero-order chi connectivity index (χ0) is 22.9. The number of fused-ring (bicyclic) bond motifs is 1. The Morgan fingerprint density at radius 1 is 1.06 bits per heavy atom. The van der Waals surface area contributed by atoms with Gasteiger partial charge in [0.05, 0.1) is 11.3 Å². The molecule has 2 aromatic carbocycles. The lowest BCUT2D eigenvalue weighted by atomic mass is 10.2. The molecule has 33 heavy (non-hydrogen) atoms. The van der Waals surface area contributed by atoms with Gasteiger partial charge < -0.3 is 4.90 Å². The molecule has 1 aliphatic heterocycles. The number of amides is 1. The van der Waals surface area contributed by atoms with Crippen molar-refractivity contribution in [2.24, 2.45) is 0 Å². The molecule has 3 heterocycles. The number of aromatic nitrogens is 3. The largest absolute Gasteiger partial charge is 0.336 e. The van der Waals surface area contributed by atoms with E-state index in [4.69, 9.17) is 0 Å². The van der Waals surface area contributed by atoms with Crippen LogP contribution in [0.2, 0.25) is 0 Å². The van der Waals surface area contributed by atoms with E-state index < -0.39 is 0 Å². The number of hydrogen-bond acceptors (Lipinski definition) is 6. The van der Waals surface area contributed by atoms with Crippen LogP contribution < -0.4 is 5.56 Å². The fraction of sp³-hybridized carbons (Fsp3) is 0.217. The molecule has 0 N–H and O–H groups in total. The fourth-order valence-corrected chi connectivity index (χ4v) is 5.19.